The topological polar surface area (TPSA) is 53.4 Å². The molecule has 0 aromatic carbocycles. The summed E-state index contributed by atoms with van der Waals surface area (Å²) in [7, 11) is 0. The summed E-state index contributed by atoms with van der Waals surface area (Å²) in [6, 6.07) is 0. The molecular weight excluding hydrogens is 299 g/mol. The van der Waals surface area contributed by atoms with Crippen molar-refractivity contribution in [3.63, 3.8) is 0 Å². The van der Waals surface area contributed by atoms with Crippen molar-refractivity contribution < 1.29 is 14.3 Å². The van der Waals surface area contributed by atoms with Gasteiger partial charge in [-0.25, -0.2) is 4.98 Å². The third-order valence-electron chi connectivity index (χ3n) is 1.38. The molecular formula is C8H11IN2O3. The lowest BCUT2D eigenvalue weighted by Gasteiger charge is -2.04. The van der Waals surface area contributed by atoms with Crippen LogP contribution < -0.4 is 0 Å². The van der Waals surface area contributed by atoms with Crippen LogP contribution in [-0.2, 0) is 21.0 Å². The number of imidazole rings is 1. The normalized spacial score (nSPS) is 10.1. The largest absolute Gasteiger partial charge is 0.463 e. The molecule has 0 saturated heterocycles. The first-order valence-corrected chi connectivity index (χ1v) is 5.15. The minimum Gasteiger partial charge on any atom is -0.463 e. The van der Waals surface area contributed by atoms with Crippen LogP contribution >= 0.6 is 22.6 Å². The van der Waals surface area contributed by atoms with Crippen molar-refractivity contribution >= 4 is 28.6 Å². The van der Waals surface area contributed by atoms with Crippen molar-refractivity contribution in [2.24, 2.45) is 0 Å². The zero-order chi connectivity index (χ0) is 10.4. The fourth-order valence-electron chi connectivity index (χ4n) is 0.818. The van der Waals surface area contributed by atoms with Crippen LogP contribution in [0.25, 0.3) is 0 Å². The SMILES string of the molecule is CC(=O)OCCOCn1cnc(I)c1. The Morgan fingerprint density at radius 1 is 1.64 bits per heavy atom. The van der Waals surface area contributed by atoms with Crippen molar-refractivity contribution in [2.75, 3.05) is 13.2 Å². The van der Waals surface area contributed by atoms with E-state index in [1.807, 2.05) is 10.8 Å². The van der Waals surface area contributed by atoms with Crippen molar-refractivity contribution in [1.82, 2.24) is 9.55 Å². The third-order valence-corrected chi connectivity index (χ3v) is 1.93. The molecule has 0 aliphatic rings. The number of ether oxygens (including phenoxy) is 2. The number of carbonyl (C=O) groups is 1. The molecule has 1 heterocycles. The van der Waals surface area contributed by atoms with Gasteiger partial charge in [0.15, 0.2) is 0 Å². The van der Waals surface area contributed by atoms with Crippen LogP contribution in [0.15, 0.2) is 12.5 Å². The van der Waals surface area contributed by atoms with E-state index in [1.165, 1.54) is 6.92 Å². The smallest absolute Gasteiger partial charge is 0.302 e. The van der Waals surface area contributed by atoms with Crippen LogP contribution in [0.1, 0.15) is 6.92 Å². The zero-order valence-electron chi connectivity index (χ0n) is 7.77. The molecule has 0 amide bonds. The first-order chi connectivity index (χ1) is 6.68. The van der Waals surface area contributed by atoms with Gasteiger partial charge in [-0.15, -0.1) is 0 Å². The van der Waals surface area contributed by atoms with Crippen LogP contribution in [0.2, 0.25) is 0 Å². The molecule has 0 aliphatic heterocycles. The van der Waals surface area contributed by atoms with E-state index < -0.39 is 0 Å². The van der Waals surface area contributed by atoms with Crippen LogP contribution in [0, 0.1) is 3.70 Å². The summed E-state index contributed by atoms with van der Waals surface area (Å²) in [5.41, 5.74) is 0. The van der Waals surface area contributed by atoms with Crippen LogP contribution in [0.4, 0.5) is 0 Å². The Hall–Kier alpha value is -0.630. The molecule has 0 bridgehead atoms. The fourth-order valence-corrected chi connectivity index (χ4v) is 1.30. The van der Waals surface area contributed by atoms with Gasteiger partial charge in [0.05, 0.1) is 12.9 Å². The Kier molecular flexibility index (Phi) is 4.88. The van der Waals surface area contributed by atoms with E-state index in [9.17, 15) is 4.79 Å². The molecule has 1 rings (SSSR count). The Morgan fingerprint density at radius 2 is 2.43 bits per heavy atom. The van der Waals surface area contributed by atoms with E-state index in [0.717, 1.165) is 3.70 Å². The second-order valence-electron chi connectivity index (χ2n) is 2.59. The van der Waals surface area contributed by atoms with Gasteiger partial charge in [0.25, 0.3) is 0 Å². The maximum atomic E-state index is 10.4. The average Bonchev–Trinajstić information content (AvgIpc) is 2.50. The Labute approximate surface area is 95.5 Å². The molecule has 1 aromatic rings. The molecule has 0 fully saturated rings. The van der Waals surface area contributed by atoms with Crippen molar-refractivity contribution in [3.8, 4) is 0 Å². The fraction of sp³-hybridized carbons (Fsp3) is 0.500. The van der Waals surface area contributed by atoms with Crippen LogP contribution in [0.5, 0.6) is 0 Å². The van der Waals surface area contributed by atoms with Gasteiger partial charge in [-0.3, -0.25) is 4.79 Å². The maximum absolute atomic E-state index is 10.4. The van der Waals surface area contributed by atoms with Gasteiger partial charge in [-0.05, 0) is 22.6 Å². The second kappa shape index (κ2) is 5.97. The summed E-state index contributed by atoms with van der Waals surface area (Å²) < 4.78 is 12.7. The number of halogens is 1. The molecule has 0 radical (unpaired) electrons. The quantitative estimate of drug-likeness (QED) is 0.463. The van der Waals surface area contributed by atoms with Gasteiger partial charge in [-0.2, -0.15) is 0 Å². The van der Waals surface area contributed by atoms with Gasteiger partial charge >= 0.3 is 5.97 Å². The highest BCUT2D eigenvalue weighted by Crippen LogP contribution is 1.99. The van der Waals surface area contributed by atoms with Gasteiger partial charge < -0.3 is 14.0 Å². The van der Waals surface area contributed by atoms with Crippen molar-refractivity contribution in [1.29, 1.82) is 0 Å². The third kappa shape index (κ3) is 4.56. The zero-order valence-corrected chi connectivity index (χ0v) is 9.93. The Balaban J connectivity index is 2.07. The molecule has 0 spiro atoms. The van der Waals surface area contributed by atoms with E-state index in [2.05, 4.69) is 27.6 Å². The number of aromatic nitrogens is 2. The number of carbonyl (C=O) groups excluding carboxylic acids is 1. The molecule has 78 valence electrons. The number of rotatable bonds is 5. The van der Waals surface area contributed by atoms with Crippen LogP contribution in [0.3, 0.4) is 0 Å². The molecule has 5 nitrogen and oxygen atoms in total. The number of hydrogen-bond acceptors (Lipinski definition) is 4. The monoisotopic (exact) mass is 310 g/mol. The molecule has 0 aliphatic carbocycles. The van der Waals surface area contributed by atoms with E-state index >= 15 is 0 Å². The molecule has 6 heteroatoms. The summed E-state index contributed by atoms with van der Waals surface area (Å²) in [5, 5.41) is 0. The number of hydrogen-bond donors (Lipinski definition) is 0. The van der Waals surface area contributed by atoms with Crippen LogP contribution in [-0.4, -0.2) is 28.7 Å². The van der Waals surface area contributed by atoms with E-state index in [-0.39, 0.29) is 5.97 Å². The summed E-state index contributed by atoms with van der Waals surface area (Å²) in [6.45, 7) is 2.49. The lowest BCUT2D eigenvalue weighted by molar-refractivity contribution is -0.142. The minimum absolute atomic E-state index is 0.286. The molecule has 1 aromatic heterocycles. The minimum atomic E-state index is -0.286. The summed E-state index contributed by atoms with van der Waals surface area (Å²) in [6.07, 6.45) is 3.56. The predicted octanol–water partition coefficient (Wildman–Crippen LogP) is 1.02. The molecule has 0 N–H and O–H groups in total. The summed E-state index contributed by atoms with van der Waals surface area (Å²) in [5.74, 6) is -0.286. The first-order valence-electron chi connectivity index (χ1n) is 4.07. The highest BCUT2D eigenvalue weighted by Gasteiger charge is 1.95. The first kappa shape index (κ1) is 11.4. The Morgan fingerprint density at radius 3 is 3.00 bits per heavy atom. The number of nitrogens with zero attached hydrogens (tertiary/aromatic N) is 2. The molecule has 0 atom stereocenters. The molecule has 0 saturated carbocycles. The Bertz CT molecular complexity index is 301. The summed E-state index contributed by atoms with van der Waals surface area (Å²) in [4.78, 5) is 14.4. The number of esters is 1. The second-order valence-corrected chi connectivity index (χ2v) is 3.69. The predicted molar refractivity (Wildman–Crippen MR) is 57.5 cm³/mol. The maximum Gasteiger partial charge on any atom is 0.302 e. The van der Waals surface area contributed by atoms with Crippen molar-refractivity contribution in [3.05, 3.63) is 16.2 Å². The molecule has 14 heavy (non-hydrogen) atoms. The van der Waals surface area contributed by atoms with Gasteiger partial charge in [0, 0.05) is 13.1 Å². The highest BCUT2D eigenvalue weighted by atomic mass is 127. The van der Waals surface area contributed by atoms with Gasteiger partial charge in [0.1, 0.15) is 17.0 Å². The lowest BCUT2D eigenvalue weighted by Crippen LogP contribution is -2.09. The average molecular weight is 310 g/mol. The van der Waals surface area contributed by atoms with E-state index in [4.69, 9.17) is 9.47 Å². The van der Waals surface area contributed by atoms with E-state index in [1.54, 1.807) is 6.33 Å². The van der Waals surface area contributed by atoms with Gasteiger partial charge in [0.2, 0.25) is 0 Å². The lowest BCUT2D eigenvalue weighted by atomic mass is 10.7. The highest BCUT2D eigenvalue weighted by molar-refractivity contribution is 14.1. The summed E-state index contributed by atoms with van der Waals surface area (Å²) >= 11 is 2.12. The molecule has 0 unspecified atom stereocenters. The van der Waals surface area contributed by atoms with E-state index in [0.29, 0.717) is 19.9 Å². The standard InChI is InChI=1S/C8H11IN2O3/c1-7(12)14-3-2-13-6-11-4-8(9)10-5-11/h4-5H,2-3,6H2,1H3. The van der Waals surface area contributed by atoms with Gasteiger partial charge in [-0.1, -0.05) is 0 Å². The van der Waals surface area contributed by atoms with Crippen molar-refractivity contribution in [2.45, 2.75) is 13.7 Å².